The molecule has 0 nitrogen and oxygen atoms in total. The van der Waals surface area contributed by atoms with Crippen LogP contribution in [0.5, 0.6) is 0 Å². The summed E-state index contributed by atoms with van der Waals surface area (Å²) in [6.07, 6.45) is 8.70. The number of rotatable bonds is 2. The van der Waals surface area contributed by atoms with Crippen LogP contribution in [0, 0.1) is 11.8 Å². The summed E-state index contributed by atoms with van der Waals surface area (Å²) in [4.78, 5) is 0. The van der Waals surface area contributed by atoms with Gasteiger partial charge in [0.15, 0.2) is 0 Å². The average molecular weight is 164 g/mol. The molecule has 0 amide bonds. The molecule has 12 heavy (non-hydrogen) atoms. The predicted molar refractivity (Wildman–Crippen MR) is 53.1 cm³/mol. The van der Waals surface area contributed by atoms with Gasteiger partial charge < -0.3 is 0 Å². The van der Waals surface area contributed by atoms with Crippen molar-refractivity contribution in [3.05, 3.63) is 11.1 Å². The second kappa shape index (κ2) is 3.24. The monoisotopic (exact) mass is 164 g/mol. The van der Waals surface area contributed by atoms with Crippen molar-refractivity contribution in [1.29, 1.82) is 0 Å². The summed E-state index contributed by atoms with van der Waals surface area (Å²) < 4.78 is 0. The molecule has 0 heterocycles. The van der Waals surface area contributed by atoms with Crippen molar-refractivity contribution in [1.82, 2.24) is 0 Å². The van der Waals surface area contributed by atoms with E-state index < -0.39 is 0 Å². The molecule has 0 N–H and O–H groups in total. The Morgan fingerprint density at radius 3 is 2.17 bits per heavy atom. The smallest absolute Gasteiger partial charge is 0.0200 e. The maximum absolute atomic E-state index is 2.39. The minimum Gasteiger partial charge on any atom is -0.0707 e. The summed E-state index contributed by atoms with van der Waals surface area (Å²) in [7, 11) is 0. The van der Waals surface area contributed by atoms with Gasteiger partial charge in [-0.1, -0.05) is 24.5 Å². The minimum atomic E-state index is 0.983. The lowest BCUT2D eigenvalue weighted by molar-refractivity contribution is 0.288. The van der Waals surface area contributed by atoms with Gasteiger partial charge in [0.05, 0.1) is 0 Å². The van der Waals surface area contributed by atoms with Crippen LogP contribution < -0.4 is 0 Å². The lowest BCUT2D eigenvalue weighted by Crippen LogP contribution is -2.25. The molecule has 0 unspecified atom stereocenters. The van der Waals surface area contributed by atoms with Gasteiger partial charge in [0.2, 0.25) is 0 Å². The highest BCUT2D eigenvalue weighted by Gasteiger charge is 2.31. The Hall–Kier alpha value is -0.260. The summed E-state index contributed by atoms with van der Waals surface area (Å²) in [5, 5.41) is 0. The van der Waals surface area contributed by atoms with Gasteiger partial charge in [-0.05, 0) is 50.9 Å². The van der Waals surface area contributed by atoms with Crippen LogP contribution in [-0.4, -0.2) is 0 Å². The SMILES string of the molecule is CCCC1=C(C)C2CCC1CC2. The van der Waals surface area contributed by atoms with Crippen LogP contribution in [0.15, 0.2) is 11.1 Å². The first-order valence-corrected chi connectivity index (χ1v) is 5.52. The first-order chi connectivity index (χ1) is 5.83. The Labute approximate surface area is 76.1 Å². The maximum atomic E-state index is 2.39. The molecule has 0 aromatic rings. The van der Waals surface area contributed by atoms with Crippen LogP contribution in [0.25, 0.3) is 0 Å². The van der Waals surface area contributed by atoms with E-state index in [4.69, 9.17) is 0 Å². The second-order valence-corrected chi connectivity index (χ2v) is 4.51. The Balaban J connectivity index is 2.21. The third kappa shape index (κ3) is 1.22. The molecule has 0 saturated heterocycles. The number of hydrogen-bond donors (Lipinski definition) is 0. The second-order valence-electron chi connectivity index (χ2n) is 4.51. The van der Waals surface area contributed by atoms with Gasteiger partial charge in [-0.15, -0.1) is 0 Å². The van der Waals surface area contributed by atoms with Crippen LogP contribution in [-0.2, 0) is 0 Å². The van der Waals surface area contributed by atoms with Gasteiger partial charge in [0, 0.05) is 0 Å². The Kier molecular flexibility index (Phi) is 2.25. The molecule has 0 heteroatoms. The zero-order chi connectivity index (χ0) is 8.55. The van der Waals surface area contributed by atoms with Crippen LogP contribution >= 0.6 is 0 Å². The first-order valence-electron chi connectivity index (χ1n) is 5.52. The summed E-state index contributed by atoms with van der Waals surface area (Å²) in [6.45, 7) is 4.70. The molecule has 0 aromatic carbocycles. The molecule has 3 rings (SSSR count). The normalized spacial score (nSPS) is 34.5. The summed E-state index contributed by atoms with van der Waals surface area (Å²) in [6, 6.07) is 0. The van der Waals surface area contributed by atoms with E-state index in [1.807, 2.05) is 5.57 Å². The fraction of sp³-hybridized carbons (Fsp3) is 0.833. The molecule has 68 valence electrons. The standard InChI is InChI=1S/C12H20/c1-3-4-12-9(2)10-5-7-11(12)8-6-10/h10-11H,3-8H2,1-2H3. The first kappa shape index (κ1) is 8.34. The highest BCUT2D eigenvalue weighted by atomic mass is 14.4. The molecular formula is C12H20. The molecule has 1 fully saturated rings. The molecule has 0 spiro atoms. The molecule has 0 aliphatic heterocycles. The number of fused-ring (bicyclic) bond motifs is 2. The van der Waals surface area contributed by atoms with Crippen LogP contribution in [0.2, 0.25) is 0 Å². The Morgan fingerprint density at radius 2 is 1.67 bits per heavy atom. The van der Waals surface area contributed by atoms with Gasteiger partial charge in [-0.2, -0.15) is 0 Å². The zero-order valence-corrected chi connectivity index (χ0v) is 8.40. The van der Waals surface area contributed by atoms with E-state index in [1.54, 1.807) is 5.57 Å². The predicted octanol–water partition coefficient (Wildman–Crippen LogP) is 3.92. The molecule has 0 radical (unpaired) electrons. The van der Waals surface area contributed by atoms with Crippen molar-refractivity contribution in [2.45, 2.75) is 52.4 Å². The van der Waals surface area contributed by atoms with Gasteiger partial charge >= 0.3 is 0 Å². The molecule has 0 atom stereocenters. The lowest BCUT2D eigenvalue weighted by atomic mass is 9.66. The molecular weight excluding hydrogens is 144 g/mol. The molecule has 3 aliphatic carbocycles. The Morgan fingerprint density at radius 1 is 1.08 bits per heavy atom. The lowest BCUT2D eigenvalue weighted by Gasteiger charge is -2.39. The maximum Gasteiger partial charge on any atom is -0.0200 e. The van der Waals surface area contributed by atoms with Crippen molar-refractivity contribution in [3.8, 4) is 0 Å². The summed E-state index contributed by atoms with van der Waals surface area (Å²) in [5.74, 6) is 1.98. The van der Waals surface area contributed by atoms with Crippen molar-refractivity contribution in [2.75, 3.05) is 0 Å². The van der Waals surface area contributed by atoms with E-state index in [2.05, 4.69) is 13.8 Å². The molecule has 1 saturated carbocycles. The third-order valence-electron chi connectivity index (χ3n) is 3.86. The van der Waals surface area contributed by atoms with Crippen LogP contribution in [0.4, 0.5) is 0 Å². The zero-order valence-electron chi connectivity index (χ0n) is 8.40. The topological polar surface area (TPSA) is 0 Å². The molecule has 3 aliphatic rings. The fourth-order valence-electron chi connectivity index (χ4n) is 3.13. The van der Waals surface area contributed by atoms with Crippen LogP contribution in [0.3, 0.4) is 0 Å². The van der Waals surface area contributed by atoms with Gasteiger partial charge in [-0.3, -0.25) is 0 Å². The highest BCUT2D eigenvalue weighted by molar-refractivity contribution is 5.24. The minimum absolute atomic E-state index is 0.983. The van der Waals surface area contributed by atoms with E-state index in [0.29, 0.717) is 0 Å². The van der Waals surface area contributed by atoms with Crippen molar-refractivity contribution in [3.63, 3.8) is 0 Å². The number of hydrogen-bond acceptors (Lipinski definition) is 0. The van der Waals surface area contributed by atoms with E-state index in [-0.39, 0.29) is 0 Å². The largest absolute Gasteiger partial charge is 0.0707 e. The summed E-state index contributed by atoms with van der Waals surface area (Å²) >= 11 is 0. The molecule has 2 bridgehead atoms. The third-order valence-corrected chi connectivity index (χ3v) is 3.86. The quantitative estimate of drug-likeness (QED) is 0.543. The van der Waals surface area contributed by atoms with E-state index in [9.17, 15) is 0 Å². The average Bonchev–Trinajstić information content (AvgIpc) is 2.12. The van der Waals surface area contributed by atoms with E-state index in [1.165, 1.54) is 38.5 Å². The van der Waals surface area contributed by atoms with Crippen molar-refractivity contribution < 1.29 is 0 Å². The number of allylic oxidation sites excluding steroid dienone is 2. The van der Waals surface area contributed by atoms with Crippen LogP contribution in [0.1, 0.15) is 52.4 Å². The van der Waals surface area contributed by atoms with Gasteiger partial charge in [-0.25, -0.2) is 0 Å². The van der Waals surface area contributed by atoms with Crippen molar-refractivity contribution in [2.24, 2.45) is 11.8 Å². The van der Waals surface area contributed by atoms with E-state index in [0.717, 1.165) is 11.8 Å². The summed E-state index contributed by atoms with van der Waals surface area (Å²) in [5.41, 5.74) is 3.62. The Bertz CT molecular complexity index is 192. The van der Waals surface area contributed by atoms with E-state index >= 15 is 0 Å². The molecule has 0 aromatic heterocycles. The van der Waals surface area contributed by atoms with Gasteiger partial charge in [0.1, 0.15) is 0 Å². The fourth-order valence-corrected chi connectivity index (χ4v) is 3.13. The highest BCUT2D eigenvalue weighted by Crippen LogP contribution is 2.46. The van der Waals surface area contributed by atoms with Gasteiger partial charge in [0.25, 0.3) is 0 Å². The van der Waals surface area contributed by atoms with Crippen molar-refractivity contribution >= 4 is 0 Å².